The van der Waals surface area contributed by atoms with Crippen molar-refractivity contribution in [2.45, 2.75) is 57.9 Å². The van der Waals surface area contributed by atoms with Crippen LogP contribution < -0.4 is 5.73 Å². The minimum atomic E-state index is 0.0378. The Bertz CT molecular complexity index is 615. The van der Waals surface area contributed by atoms with E-state index in [2.05, 4.69) is 36.4 Å². The van der Waals surface area contributed by atoms with Crippen LogP contribution in [0, 0.1) is 5.92 Å². The highest BCUT2D eigenvalue weighted by Gasteiger charge is 2.29. The molecule has 2 N–H and O–H groups in total. The molecule has 0 aliphatic heterocycles. The summed E-state index contributed by atoms with van der Waals surface area (Å²) in [6.07, 6.45) is 8.61. The summed E-state index contributed by atoms with van der Waals surface area (Å²) < 4.78 is 2.41. The average Bonchev–Trinajstić information content (AvgIpc) is 2.86. The van der Waals surface area contributed by atoms with Crippen molar-refractivity contribution in [2.24, 2.45) is 11.7 Å². The first-order valence-corrected chi connectivity index (χ1v) is 8.03. The fraction of sp³-hybridized carbons (Fsp3) is 0.647. The van der Waals surface area contributed by atoms with Gasteiger partial charge >= 0.3 is 0 Å². The van der Waals surface area contributed by atoms with Crippen LogP contribution in [0.15, 0.2) is 18.5 Å². The molecule has 1 aliphatic carbocycles. The zero-order chi connectivity index (χ0) is 15.0. The molecule has 4 heteroatoms. The Balaban J connectivity index is 2.02. The topological polar surface area (TPSA) is 56.7 Å². The quantitative estimate of drug-likeness (QED) is 0.920. The van der Waals surface area contributed by atoms with Gasteiger partial charge in [0, 0.05) is 17.7 Å². The lowest BCUT2D eigenvalue weighted by atomic mass is 9.81. The second-order valence-electron chi connectivity index (χ2n) is 7.29. The van der Waals surface area contributed by atoms with Gasteiger partial charge in [-0.05, 0) is 65.0 Å². The number of hydrogen-bond acceptors (Lipinski definition) is 3. The smallest absolute Gasteiger partial charge is 0.113 e. The summed E-state index contributed by atoms with van der Waals surface area (Å²) in [6.45, 7) is 7.59. The van der Waals surface area contributed by atoms with Crippen molar-refractivity contribution in [3.63, 3.8) is 0 Å². The van der Waals surface area contributed by atoms with E-state index in [-0.39, 0.29) is 5.54 Å². The highest BCUT2D eigenvalue weighted by Crippen LogP contribution is 2.38. The van der Waals surface area contributed by atoms with Crippen LogP contribution in [0.1, 0.15) is 58.2 Å². The van der Waals surface area contributed by atoms with Gasteiger partial charge in [0.1, 0.15) is 11.3 Å². The van der Waals surface area contributed by atoms with Gasteiger partial charge in [-0.3, -0.25) is 4.98 Å². The SMILES string of the molecule is CC(C)(C)n1c(C2CCC(CN)CC2)nc2cnccc21. The van der Waals surface area contributed by atoms with Crippen LogP contribution in [0.25, 0.3) is 11.0 Å². The van der Waals surface area contributed by atoms with Crippen LogP contribution in [0.5, 0.6) is 0 Å². The second-order valence-corrected chi connectivity index (χ2v) is 7.29. The van der Waals surface area contributed by atoms with Crippen molar-refractivity contribution in [2.75, 3.05) is 6.54 Å². The van der Waals surface area contributed by atoms with Gasteiger partial charge in [0.25, 0.3) is 0 Å². The Kier molecular flexibility index (Phi) is 3.74. The summed E-state index contributed by atoms with van der Waals surface area (Å²) in [4.78, 5) is 9.15. The first-order chi connectivity index (χ1) is 10.0. The van der Waals surface area contributed by atoms with E-state index in [0.717, 1.165) is 12.1 Å². The van der Waals surface area contributed by atoms with Crippen LogP contribution >= 0.6 is 0 Å². The molecule has 0 amide bonds. The van der Waals surface area contributed by atoms with E-state index in [0.29, 0.717) is 11.8 Å². The van der Waals surface area contributed by atoms with Crippen molar-refractivity contribution < 1.29 is 0 Å². The predicted octanol–water partition coefficient (Wildman–Crippen LogP) is 3.42. The molecule has 2 aromatic rings. The first kappa shape index (κ1) is 14.5. The third-order valence-electron chi connectivity index (χ3n) is 4.70. The van der Waals surface area contributed by atoms with E-state index in [9.17, 15) is 0 Å². The Hall–Kier alpha value is -1.42. The van der Waals surface area contributed by atoms with Crippen molar-refractivity contribution >= 4 is 11.0 Å². The third kappa shape index (κ3) is 2.69. The van der Waals surface area contributed by atoms with Gasteiger partial charge in [0.2, 0.25) is 0 Å². The summed E-state index contributed by atoms with van der Waals surface area (Å²) in [6, 6.07) is 2.09. The molecule has 21 heavy (non-hydrogen) atoms. The number of nitrogens with two attached hydrogens (primary N) is 1. The summed E-state index contributed by atoms with van der Waals surface area (Å²) >= 11 is 0. The van der Waals surface area contributed by atoms with Crippen LogP contribution in [0.4, 0.5) is 0 Å². The highest BCUT2D eigenvalue weighted by molar-refractivity contribution is 5.75. The summed E-state index contributed by atoms with van der Waals surface area (Å²) in [5, 5.41) is 0. The Morgan fingerprint density at radius 1 is 1.24 bits per heavy atom. The molecule has 0 atom stereocenters. The molecular weight excluding hydrogens is 260 g/mol. The highest BCUT2D eigenvalue weighted by atomic mass is 15.1. The molecule has 2 heterocycles. The maximum Gasteiger partial charge on any atom is 0.113 e. The van der Waals surface area contributed by atoms with Gasteiger partial charge in [-0.1, -0.05) is 0 Å². The molecule has 1 saturated carbocycles. The zero-order valence-corrected chi connectivity index (χ0v) is 13.3. The monoisotopic (exact) mass is 286 g/mol. The van der Waals surface area contributed by atoms with Crippen molar-refractivity contribution in [1.29, 1.82) is 0 Å². The maximum absolute atomic E-state index is 5.82. The minimum Gasteiger partial charge on any atom is -0.330 e. The normalized spacial score (nSPS) is 23.6. The predicted molar refractivity (Wildman–Crippen MR) is 86.3 cm³/mol. The number of hydrogen-bond donors (Lipinski definition) is 1. The molecule has 4 nitrogen and oxygen atoms in total. The van der Waals surface area contributed by atoms with E-state index in [4.69, 9.17) is 10.7 Å². The summed E-state index contributed by atoms with van der Waals surface area (Å²) in [7, 11) is 0. The largest absolute Gasteiger partial charge is 0.330 e. The average molecular weight is 286 g/mol. The van der Waals surface area contributed by atoms with E-state index < -0.39 is 0 Å². The molecular formula is C17H26N4. The summed E-state index contributed by atoms with van der Waals surface area (Å²) in [5.74, 6) is 2.50. The van der Waals surface area contributed by atoms with E-state index in [1.807, 2.05) is 12.4 Å². The van der Waals surface area contributed by atoms with E-state index >= 15 is 0 Å². The van der Waals surface area contributed by atoms with Crippen molar-refractivity contribution in [1.82, 2.24) is 14.5 Å². The molecule has 3 rings (SSSR count). The minimum absolute atomic E-state index is 0.0378. The van der Waals surface area contributed by atoms with Crippen LogP contribution in [-0.4, -0.2) is 21.1 Å². The number of pyridine rings is 1. The molecule has 1 aliphatic rings. The Labute approximate surface area is 126 Å². The fourth-order valence-electron chi connectivity index (χ4n) is 3.59. The molecule has 0 spiro atoms. The lowest BCUT2D eigenvalue weighted by Gasteiger charge is -2.31. The molecule has 0 aromatic carbocycles. The van der Waals surface area contributed by atoms with E-state index in [1.165, 1.54) is 37.0 Å². The lowest BCUT2D eigenvalue weighted by Crippen LogP contribution is -2.28. The van der Waals surface area contributed by atoms with Crippen LogP contribution in [0.3, 0.4) is 0 Å². The van der Waals surface area contributed by atoms with Gasteiger partial charge in [-0.25, -0.2) is 4.98 Å². The molecule has 0 unspecified atom stereocenters. The van der Waals surface area contributed by atoms with Crippen LogP contribution in [0.2, 0.25) is 0 Å². The molecule has 2 aromatic heterocycles. The van der Waals surface area contributed by atoms with Gasteiger partial charge in [-0.15, -0.1) is 0 Å². The van der Waals surface area contributed by atoms with Gasteiger partial charge in [0.05, 0.1) is 11.7 Å². The third-order valence-corrected chi connectivity index (χ3v) is 4.70. The standard InChI is InChI=1S/C17H26N4/c1-17(2,3)21-15-8-9-19-11-14(15)20-16(21)13-6-4-12(10-18)5-7-13/h8-9,11-13H,4-7,10,18H2,1-3H3. The lowest BCUT2D eigenvalue weighted by molar-refractivity contribution is 0.303. The van der Waals surface area contributed by atoms with Crippen molar-refractivity contribution in [3.05, 3.63) is 24.3 Å². The Morgan fingerprint density at radius 2 is 1.95 bits per heavy atom. The Morgan fingerprint density at radius 3 is 2.57 bits per heavy atom. The van der Waals surface area contributed by atoms with Gasteiger partial charge in [0.15, 0.2) is 0 Å². The molecule has 114 valence electrons. The van der Waals surface area contributed by atoms with Crippen LogP contribution in [-0.2, 0) is 5.54 Å². The number of imidazole rings is 1. The fourth-order valence-corrected chi connectivity index (χ4v) is 3.59. The van der Waals surface area contributed by atoms with E-state index in [1.54, 1.807) is 0 Å². The molecule has 0 radical (unpaired) electrons. The molecule has 0 bridgehead atoms. The van der Waals surface area contributed by atoms with Gasteiger partial charge < -0.3 is 10.3 Å². The number of fused-ring (bicyclic) bond motifs is 1. The first-order valence-electron chi connectivity index (χ1n) is 8.03. The summed E-state index contributed by atoms with van der Waals surface area (Å²) in [5.41, 5.74) is 8.08. The zero-order valence-electron chi connectivity index (χ0n) is 13.3. The number of rotatable bonds is 2. The maximum atomic E-state index is 5.82. The molecule has 0 saturated heterocycles. The molecule has 1 fully saturated rings. The number of nitrogens with zero attached hydrogens (tertiary/aromatic N) is 3. The second kappa shape index (κ2) is 5.41. The van der Waals surface area contributed by atoms with Gasteiger partial charge in [-0.2, -0.15) is 0 Å². The number of aromatic nitrogens is 3. The van der Waals surface area contributed by atoms with Crippen molar-refractivity contribution in [3.8, 4) is 0 Å².